The van der Waals surface area contributed by atoms with Crippen LogP contribution >= 0.6 is 11.6 Å². The minimum atomic E-state index is -0.383. The maximum absolute atomic E-state index is 12.3. The average molecular weight is 371 g/mol. The van der Waals surface area contributed by atoms with Crippen molar-refractivity contribution in [2.75, 3.05) is 39.4 Å². The van der Waals surface area contributed by atoms with Gasteiger partial charge in [0.1, 0.15) is 12.4 Å². The molecule has 0 aromatic carbocycles. The number of ether oxygens (including phenoxy) is 1. The fourth-order valence-electron chi connectivity index (χ4n) is 4.09. The lowest BCUT2D eigenvalue weighted by Gasteiger charge is -2.51. The summed E-state index contributed by atoms with van der Waals surface area (Å²) in [6.07, 6.45) is 2.17. The van der Waals surface area contributed by atoms with Crippen LogP contribution in [0, 0.1) is 5.41 Å². The molecule has 0 saturated carbocycles. The second-order valence-corrected chi connectivity index (χ2v) is 7.51. The minimum absolute atomic E-state index is 0.0167. The number of likely N-dealkylation sites (tertiary alicyclic amines) is 2. The molecule has 1 aromatic rings. The zero-order valence-electron chi connectivity index (χ0n) is 14.7. The largest absolute Gasteiger partial charge is 0.448 e. The van der Waals surface area contributed by atoms with Gasteiger partial charge in [-0.15, -0.1) is 0 Å². The summed E-state index contributed by atoms with van der Waals surface area (Å²) < 4.78 is 10.7. The molecule has 1 spiro atoms. The first-order valence-electron chi connectivity index (χ1n) is 9.02. The third-order valence-electron chi connectivity index (χ3n) is 5.36. The first-order chi connectivity index (χ1) is 12.0. The van der Waals surface area contributed by atoms with E-state index in [1.54, 1.807) is 6.07 Å². The molecular formula is C18H27ClN2O4. The van der Waals surface area contributed by atoms with E-state index in [-0.39, 0.29) is 24.0 Å². The normalized spacial score (nSPS) is 27.8. The summed E-state index contributed by atoms with van der Waals surface area (Å²) in [5.41, 5.74) is -0.269. The van der Waals surface area contributed by atoms with Gasteiger partial charge in [-0.3, -0.25) is 9.69 Å². The number of hydrogen-bond donors (Lipinski definition) is 1. The number of carbonyl (C=O) groups excluding carboxylic acids is 1. The number of piperidine rings is 2. The van der Waals surface area contributed by atoms with Crippen molar-refractivity contribution in [2.24, 2.45) is 5.41 Å². The molecular weight excluding hydrogens is 344 g/mol. The van der Waals surface area contributed by atoms with Crippen LogP contribution in [0.1, 0.15) is 31.9 Å². The van der Waals surface area contributed by atoms with Crippen LogP contribution in [0.15, 0.2) is 16.5 Å². The average Bonchev–Trinajstić information content (AvgIpc) is 3.01. The summed E-state index contributed by atoms with van der Waals surface area (Å²) >= 11 is 5.86. The predicted molar refractivity (Wildman–Crippen MR) is 94.4 cm³/mol. The van der Waals surface area contributed by atoms with Crippen molar-refractivity contribution in [2.45, 2.75) is 38.8 Å². The lowest BCUT2D eigenvalue weighted by atomic mass is 9.71. The number of aliphatic hydroxyl groups is 1. The van der Waals surface area contributed by atoms with Crippen molar-refractivity contribution in [1.82, 2.24) is 9.80 Å². The van der Waals surface area contributed by atoms with Gasteiger partial charge in [-0.25, -0.2) is 0 Å². The van der Waals surface area contributed by atoms with Crippen LogP contribution in [0.2, 0.25) is 5.22 Å². The molecule has 1 aromatic heterocycles. The summed E-state index contributed by atoms with van der Waals surface area (Å²) in [5.74, 6) is 0.847. The summed E-state index contributed by atoms with van der Waals surface area (Å²) in [6.45, 7) is 6.12. The van der Waals surface area contributed by atoms with Crippen molar-refractivity contribution < 1.29 is 19.1 Å². The molecule has 0 radical (unpaired) electrons. The molecule has 6 nitrogen and oxygen atoms in total. The van der Waals surface area contributed by atoms with Gasteiger partial charge in [0.25, 0.3) is 0 Å². The maximum Gasteiger partial charge on any atom is 0.248 e. The van der Waals surface area contributed by atoms with Gasteiger partial charge in [-0.1, -0.05) is 0 Å². The molecule has 0 bridgehead atoms. The highest BCUT2D eigenvalue weighted by Crippen LogP contribution is 2.39. The molecule has 2 aliphatic heterocycles. The van der Waals surface area contributed by atoms with E-state index in [0.717, 1.165) is 38.2 Å². The first-order valence-corrected chi connectivity index (χ1v) is 9.40. The lowest BCUT2D eigenvalue weighted by molar-refractivity contribution is -0.146. The number of nitrogens with zero attached hydrogens (tertiary/aromatic N) is 2. The van der Waals surface area contributed by atoms with Crippen LogP contribution in [0.25, 0.3) is 0 Å². The molecule has 2 fully saturated rings. The summed E-state index contributed by atoms with van der Waals surface area (Å²) in [7, 11) is 0. The van der Waals surface area contributed by atoms with E-state index < -0.39 is 0 Å². The lowest BCUT2D eigenvalue weighted by Crippen LogP contribution is -2.59. The maximum atomic E-state index is 12.3. The van der Waals surface area contributed by atoms with E-state index in [1.807, 2.05) is 17.9 Å². The van der Waals surface area contributed by atoms with Crippen LogP contribution in [0.5, 0.6) is 0 Å². The molecule has 1 N–H and O–H groups in total. The van der Waals surface area contributed by atoms with Gasteiger partial charge >= 0.3 is 0 Å². The molecule has 1 amide bonds. The molecule has 2 aliphatic rings. The number of rotatable bonds is 5. The van der Waals surface area contributed by atoms with Gasteiger partial charge < -0.3 is 19.2 Å². The van der Waals surface area contributed by atoms with Crippen molar-refractivity contribution in [3.05, 3.63) is 23.1 Å². The van der Waals surface area contributed by atoms with Crippen molar-refractivity contribution in [1.29, 1.82) is 0 Å². The second kappa shape index (κ2) is 8.08. The van der Waals surface area contributed by atoms with Crippen LogP contribution in [-0.2, 0) is 16.1 Å². The van der Waals surface area contributed by atoms with Gasteiger partial charge in [-0.2, -0.15) is 0 Å². The highest BCUT2D eigenvalue weighted by Gasteiger charge is 2.46. The van der Waals surface area contributed by atoms with E-state index in [0.29, 0.717) is 31.3 Å². The third kappa shape index (κ3) is 4.37. The van der Waals surface area contributed by atoms with Gasteiger partial charge in [0.2, 0.25) is 5.91 Å². The number of amides is 1. The molecule has 3 rings (SSSR count). The van der Waals surface area contributed by atoms with E-state index in [9.17, 15) is 9.90 Å². The second-order valence-electron chi connectivity index (χ2n) is 7.14. The van der Waals surface area contributed by atoms with Gasteiger partial charge in [0.15, 0.2) is 5.22 Å². The Labute approximate surface area is 153 Å². The van der Waals surface area contributed by atoms with E-state index in [2.05, 4.69) is 4.90 Å². The first kappa shape index (κ1) is 18.7. The molecule has 25 heavy (non-hydrogen) atoms. The standard InChI is InChI=1S/C18H27ClN2O4/c1-2-24-11-17(23)21-8-3-7-18(13-21)12-20(9-6-15(18)22)10-14-4-5-16(19)25-14/h4-5,15,22H,2-3,6-13H2,1H3/t15-,18-/m1/s1. The SMILES string of the molecule is CCOCC(=O)N1CCC[C@@]2(CN(Cc3ccc(Cl)o3)CC[C@H]2O)C1. The molecule has 2 saturated heterocycles. The zero-order valence-corrected chi connectivity index (χ0v) is 15.5. The van der Waals surface area contributed by atoms with Crippen LogP contribution in [-0.4, -0.2) is 66.3 Å². The van der Waals surface area contributed by atoms with Crippen molar-refractivity contribution in [3.8, 4) is 0 Å². The number of aliphatic hydroxyl groups excluding tert-OH is 1. The quantitative estimate of drug-likeness (QED) is 0.860. The van der Waals surface area contributed by atoms with Crippen LogP contribution in [0.4, 0.5) is 0 Å². The smallest absolute Gasteiger partial charge is 0.248 e. The fraction of sp³-hybridized carbons (Fsp3) is 0.722. The van der Waals surface area contributed by atoms with E-state index in [4.69, 9.17) is 20.8 Å². The summed E-state index contributed by atoms with van der Waals surface area (Å²) in [5, 5.41) is 11.1. The fourth-order valence-corrected chi connectivity index (χ4v) is 4.25. The van der Waals surface area contributed by atoms with Crippen molar-refractivity contribution >= 4 is 17.5 Å². The van der Waals surface area contributed by atoms with Gasteiger partial charge in [0, 0.05) is 38.2 Å². The number of carbonyl (C=O) groups is 1. The Morgan fingerprint density at radius 3 is 3.00 bits per heavy atom. The Bertz CT molecular complexity index is 593. The number of hydrogen-bond acceptors (Lipinski definition) is 5. The Kier molecular flexibility index (Phi) is 6.04. The third-order valence-corrected chi connectivity index (χ3v) is 5.57. The molecule has 7 heteroatoms. The van der Waals surface area contributed by atoms with Crippen LogP contribution in [0.3, 0.4) is 0 Å². The van der Waals surface area contributed by atoms with Gasteiger partial charge in [0.05, 0.1) is 12.6 Å². The minimum Gasteiger partial charge on any atom is -0.448 e. The van der Waals surface area contributed by atoms with E-state index >= 15 is 0 Å². The Hall–Kier alpha value is -1.08. The van der Waals surface area contributed by atoms with Crippen molar-refractivity contribution in [3.63, 3.8) is 0 Å². The molecule has 3 heterocycles. The topological polar surface area (TPSA) is 66.2 Å². The van der Waals surface area contributed by atoms with E-state index in [1.165, 1.54) is 0 Å². The van der Waals surface area contributed by atoms with Crippen LogP contribution < -0.4 is 0 Å². The predicted octanol–water partition coefficient (Wildman–Crippen LogP) is 2.14. The molecule has 0 aliphatic carbocycles. The summed E-state index contributed by atoms with van der Waals surface area (Å²) in [6, 6.07) is 3.64. The number of furan rings is 1. The Balaban J connectivity index is 1.66. The molecule has 0 unspecified atom stereocenters. The molecule has 2 atom stereocenters. The Morgan fingerprint density at radius 2 is 2.28 bits per heavy atom. The molecule has 140 valence electrons. The highest BCUT2D eigenvalue weighted by atomic mass is 35.5. The highest BCUT2D eigenvalue weighted by molar-refractivity contribution is 6.28. The van der Waals surface area contributed by atoms with Gasteiger partial charge in [-0.05, 0) is 49.9 Å². The Morgan fingerprint density at radius 1 is 1.44 bits per heavy atom. The number of halogens is 1. The zero-order chi connectivity index (χ0) is 17.9. The monoisotopic (exact) mass is 370 g/mol. The summed E-state index contributed by atoms with van der Waals surface area (Å²) in [4.78, 5) is 16.5.